The van der Waals surface area contributed by atoms with Gasteiger partial charge in [-0.25, -0.2) is 9.97 Å². The van der Waals surface area contributed by atoms with Crippen LogP contribution in [0.4, 0.5) is 17.2 Å². The number of aliphatic hydroxyl groups is 1. The molecule has 1 aromatic carbocycles. The predicted molar refractivity (Wildman–Crippen MR) is 132 cm³/mol. The number of carbonyl (C=O) groups is 1. The van der Waals surface area contributed by atoms with E-state index in [9.17, 15) is 9.90 Å². The average Bonchev–Trinajstić information content (AvgIpc) is 2.79. The van der Waals surface area contributed by atoms with Crippen molar-refractivity contribution in [3.63, 3.8) is 0 Å². The first kappa shape index (κ1) is 25.2. The number of nitrogens with one attached hydrogen (secondary N) is 1. The van der Waals surface area contributed by atoms with Gasteiger partial charge >= 0.3 is 5.97 Å². The zero-order valence-electron chi connectivity index (χ0n) is 19.9. The Kier molecular flexibility index (Phi) is 8.92. The second kappa shape index (κ2) is 11.7. The smallest absolute Gasteiger partial charge is 0.306 e. The maximum absolute atomic E-state index is 11.8. The van der Waals surface area contributed by atoms with E-state index in [0.717, 1.165) is 49.2 Å². The number of methoxy groups -OCH3 is 1. The van der Waals surface area contributed by atoms with Crippen LogP contribution in [0.15, 0.2) is 30.6 Å². The van der Waals surface area contributed by atoms with Gasteiger partial charge in [0.25, 0.3) is 0 Å². The Morgan fingerprint density at radius 1 is 1.21 bits per heavy atom. The van der Waals surface area contributed by atoms with E-state index in [4.69, 9.17) is 16.3 Å². The van der Waals surface area contributed by atoms with Crippen LogP contribution in [-0.4, -0.2) is 46.8 Å². The molecule has 0 unspecified atom stereocenters. The molecule has 0 aliphatic heterocycles. The van der Waals surface area contributed by atoms with Gasteiger partial charge in [-0.05, 0) is 55.2 Å². The maximum atomic E-state index is 11.8. The van der Waals surface area contributed by atoms with Crippen LogP contribution < -0.4 is 10.2 Å². The minimum atomic E-state index is -0.230. The second-order valence-corrected chi connectivity index (χ2v) is 9.70. The van der Waals surface area contributed by atoms with E-state index in [1.807, 2.05) is 6.92 Å². The highest BCUT2D eigenvalue weighted by Gasteiger charge is 2.27. The third kappa shape index (κ3) is 7.05. The van der Waals surface area contributed by atoms with Crippen molar-refractivity contribution >= 4 is 34.8 Å². The van der Waals surface area contributed by atoms with Crippen molar-refractivity contribution in [2.45, 2.75) is 70.9 Å². The molecule has 3 rings (SSSR count). The van der Waals surface area contributed by atoms with Gasteiger partial charge in [-0.15, -0.1) is 0 Å². The number of anilines is 3. The molecular weight excluding hydrogens is 440 g/mol. The van der Waals surface area contributed by atoms with Crippen LogP contribution >= 0.6 is 11.6 Å². The number of esters is 1. The van der Waals surface area contributed by atoms with Gasteiger partial charge in [0.05, 0.1) is 43.4 Å². The third-order valence-electron chi connectivity index (χ3n) is 6.15. The number of aromatic nitrogens is 2. The third-order valence-corrected chi connectivity index (χ3v) is 6.35. The first-order valence-corrected chi connectivity index (χ1v) is 12.0. The van der Waals surface area contributed by atoms with Gasteiger partial charge in [0.15, 0.2) is 0 Å². The van der Waals surface area contributed by atoms with Crippen molar-refractivity contribution in [1.29, 1.82) is 0 Å². The minimum absolute atomic E-state index is 0.00623. The van der Waals surface area contributed by atoms with Gasteiger partial charge < -0.3 is 20.1 Å². The minimum Gasteiger partial charge on any atom is -0.469 e. The number of benzene rings is 1. The molecule has 0 spiro atoms. The zero-order chi connectivity index (χ0) is 24.0. The molecule has 8 heteroatoms. The fraction of sp³-hybridized carbons (Fsp3) is 0.560. The number of hydrogen-bond donors (Lipinski definition) is 2. The molecule has 7 nitrogen and oxygen atoms in total. The number of nitrogens with zero attached hydrogens (tertiary/aromatic N) is 3. The van der Waals surface area contributed by atoms with Crippen molar-refractivity contribution in [2.24, 2.45) is 5.92 Å². The molecule has 1 saturated carbocycles. The van der Waals surface area contributed by atoms with Crippen LogP contribution in [0.2, 0.25) is 5.15 Å². The normalized spacial score (nSPS) is 19.2. The van der Waals surface area contributed by atoms with Gasteiger partial charge in [0.1, 0.15) is 11.0 Å². The molecule has 1 fully saturated rings. The van der Waals surface area contributed by atoms with Crippen molar-refractivity contribution in [1.82, 2.24) is 9.97 Å². The fourth-order valence-electron chi connectivity index (χ4n) is 4.38. The lowest BCUT2D eigenvalue weighted by Gasteiger charge is -2.39. The molecule has 33 heavy (non-hydrogen) atoms. The van der Waals surface area contributed by atoms with Crippen LogP contribution in [0, 0.1) is 5.92 Å². The lowest BCUT2D eigenvalue weighted by atomic mass is 9.90. The first-order valence-electron chi connectivity index (χ1n) is 11.7. The summed E-state index contributed by atoms with van der Waals surface area (Å²) >= 11 is 5.92. The van der Waals surface area contributed by atoms with E-state index in [1.54, 1.807) is 6.20 Å². The quantitative estimate of drug-likeness (QED) is 0.476. The summed E-state index contributed by atoms with van der Waals surface area (Å²) in [5, 5.41) is 13.8. The molecule has 1 atom stereocenters. The molecule has 1 heterocycles. The molecule has 0 amide bonds. The van der Waals surface area contributed by atoms with E-state index >= 15 is 0 Å². The summed E-state index contributed by atoms with van der Waals surface area (Å²) < 4.78 is 4.86. The Hall–Kier alpha value is -2.38. The Bertz CT molecular complexity index is 914. The number of aliphatic hydroxyl groups excluding tert-OH is 1. The largest absolute Gasteiger partial charge is 0.469 e. The van der Waals surface area contributed by atoms with Crippen molar-refractivity contribution in [3.8, 4) is 0 Å². The monoisotopic (exact) mass is 474 g/mol. The SMILES string of the molecule is COC(=O)C[C@@H](C)c1ccc(N(CC(C)C)C2CCC(O)CC2)c(Nc2cnc(Cl)cn2)c1. The van der Waals surface area contributed by atoms with Crippen molar-refractivity contribution < 1.29 is 14.6 Å². The highest BCUT2D eigenvalue weighted by molar-refractivity contribution is 6.29. The van der Waals surface area contributed by atoms with E-state index in [2.05, 4.69) is 52.2 Å². The molecular formula is C25H35ClN4O3. The molecule has 180 valence electrons. The summed E-state index contributed by atoms with van der Waals surface area (Å²) in [6.07, 6.45) is 6.78. The highest BCUT2D eigenvalue weighted by atomic mass is 35.5. The molecule has 1 aliphatic rings. The molecule has 2 N–H and O–H groups in total. The Morgan fingerprint density at radius 2 is 1.94 bits per heavy atom. The van der Waals surface area contributed by atoms with E-state index in [0.29, 0.717) is 29.4 Å². The van der Waals surface area contributed by atoms with E-state index < -0.39 is 0 Å². The van der Waals surface area contributed by atoms with Crippen LogP contribution in [0.5, 0.6) is 0 Å². The summed E-state index contributed by atoms with van der Waals surface area (Å²) in [5.74, 6) is 0.846. The Labute approximate surface area is 201 Å². The second-order valence-electron chi connectivity index (χ2n) is 9.32. The fourth-order valence-corrected chi connectivity index (χ4v) is 4.48. The average molecular weight is 475 g/mol. The Morgan fingerprint density at radius 3 is 2.55 bits per heavy atom. The first-order chi connectivity index (χ1) is 15.8. The van der Waals surface area contributed by atoms with Crippen molar-refractivity contribution in [3.05, 3.63) is 41.3 Å². The van der Waals surface area contributed by atoms with Gasteiger partial charge in [0.2, 0.25) is 0 Å². The number of ether oxygens (including phenoxy) is 1. The number of rotatable bonds is 9. The number of hydrogen-bond acceptors (Lipinski definition) is 7. The lowest BCUT2D eigenvalue weighted by molar-refractivity contribution is -0.140. The summed E-state index contributed by atoms with van der Waals surface area (Å²) in [6, 6.07) is 6.66. The summed E-state index contributed by atoms with van der Waals surface area (Å²) in [4.78, 5) is 22.8. The van der Waals surface area contributed by atoms with Crippen LogP contribution in [0.3, 0.4) is 0 Å². The zero-order valence-corrected chi connectivity index (χ0v) is 20.7. The van der Waals surface area contributed by atoms with Crippen LogP contribution in [-0.2, 0) is 9.53 Å². The van der Waals surface area contributed by atoms with E-state index in [1.165, 1.54) is 13.3 Å². The summed E-state index contributed by atoms with van der Waals surface area (Å²) in [5.41, 5.74) is 3.03. The topological polar surface area (TPSA) is 87.6 Å². The number of halogens is 1. The van der Waals surface area contributed by atoms with Gasteiger partial charge in [0, 0.05) is 12.6 Å². The standard InChI is InChI=1S/C25H35ClN4O3/c1-16(2)15-30(19-6-8-20(31)9-7-19)22-10-5-18(17(3)11-25(32)33-4)12-21(22)29-24-14-27-23(26)13-28-24/h5,10,12-14,16-17,19-20,31H,6-9,11,15H2,1-4H3,(H,28,29)/t17-,19?,20?/m1/s1. The molecule has 0 bridgehead atoms. The number of carbonyl (C=O) groups excluding carboxylic acids is 1. The van der Waals surface area contributed by atoms with Crippen LogP contribution in [0.25, 0.3) is 0 Å². The molecule has 0 radical (unpaired) electrons. The summed E-state index contributed by atoms with van der Waals surface area (Å²) in [6.45, 7) is 7.36. The highest BCUT2D eigenvalue weighted by Crippen LogP contribution is 2.37. The maximum Gasteiger partial charge on any atom is 0.306 e. The molecule has 1 aliphatic carbocycles. The van der Waals surface area contributed by atoms with Gasteiger partial charge in [-0.2, -0.15) is 0 Å². The lowest BCUT2D eigenvalue weighted by Crippen LogP contribution is -2.41. The van der Waals surface area contributed by atoms with Crippen molar-refractivity contribution in [2.75, 3.05) is 23.9 Å². The van der Waals surface area contributed by atoms with E-state index in [-0.39, 0.29) is 18.0 Å². The molecule has 0 saturated heterocycles. The summed E-state index contributed by atoms with van der Waals surface area (Å²) in [7, 11) is 1.41. The Balaban J connectivity index is 1.98. The molecule has 2 aromatic rings. The predicted octanol–water partition coefficient (Wildman–Crippen LogP) is 5.31. The van der Waals surface area contributed by atoms with Crippen LogP contribution in [0.1, 0.15) is 64.4 Å². The van der Waals surface area contributed by atoms with Gasteiger partial charge in [-0.1, -0.05) is 38.4 Å². The molecule has 1 aromatic heterocycles. The van der Waals surface area contributed by atoms with Gasteiger partial charge in [-0.3, -0.25) is 4.79 Å².